The molecule has 3 N–H and O–H groups in total. The minimum absolute atomic E-state index is 0.573. The van der Waals surface area contributed by atoms with E-state index in [2.05, 4.69) is 10.3 Å². The Labute approximate surface area is 76.6 Å². The molecule has 0 bridgehead atoms. The normalized spacial score (nSPS) is 9.38. The van der Waals surface area contributed by atoms with Gasteiger partial charge in [0.05, 0.1) is 0 Å². The highest BCUT2D eigenvalue weighted by molar-refractivity contribution is 5.88. The van der Waals surface area contributed by atoms with Gasteiger partial charge in [-0.2, -0.15) is 0 Å². The smallest absolute Gasteiger partial charge is 0.316 e. The molecular formula is C8H12N4O. The van der Waals surface area contributed by atoms with Crippen LogP contribution in [0.4, 0.5) is 16.3 Å². The van der Waals surface area contributed by atoms with Gasteiger partial charge in [0.2, 0.25) is 0 Å². The van der Waals surface area contributed by atoms with Crippen molar-refractivity contribution >= 4 is 17.5 Å². The van der Waals surface area contributed by atoms with E-state index >= 15 is 0 Å². The number of urea groups is 1. The summed E-state index contributed by atoms with van der Waals surface area (Å²) in [5, 5.41) is 2.47. The van der Waals surface area contributed by atoms with Crippen LogP contribution in [-0.4, -0.2) is 25.1 Å². The lowest BCUT2D eigenvalue weighted by Crippen LogP contribution is -2.19. The van der Waals surface area contributed by atoms with E-state index in [4.69, 9.17) is 5.73 Å². The van der Waals surface area contributed by atoms with Gasteiger partial charge in [-0.1, -0.05) is 0 Å². The molecule has 2 amide bonds. The van der Waals surface area contributed by atoms with Crippen LogP contribution in [0, 0.1) is 0 Å². The van der Waals surface area contributed by atoms with Crippen molar-refractivity contribution < 1.29 is 4.79 Å². The molecule has 0 aliphatic heterocycles. The third kappa shape index (κ3) is 2.62. The van der Waals surface area contributed by atoms with Gasteiger partial charge in [-0.25, -0.2) is 9.78 Å². The summed E-state index contributed by atoms with van der Waals surface area (Å²) in [6, 6.07) is 2.85. The van der Waals surface area contributed by atoms with E-state index in [1.54, 1.807) is 18.3 Å². The van der Waals surface area contributed by atoms with Crippen LogP contribution in [0.3, 0.4) is 0 Å². The van der Waals surface area contributed by atoms with Gasteiger partial charge in [-0.3, -0.25) is 0 Å². The van der Waals surface area contributed by atoms with Crippen LogP contribution in [0.5, 0.6) is 0 Å². The van der Waals surface area contributed by atoms with Crippen molar-refractivity contribution in [3.63, 3.8) is 0 Å². The summed E-state index contributed by atoms with van der Waals surface area (Å²) in [6.45, 7) is 0. The third-order valence-electron chi connectivity index (χ3n) is 1.47. The highest BCUT2D eigenvalue weighted by atomic mass is 16.2. The Hall–Kier alpha value is -1.78. The van der Waals surface area contributed by atoms with Gasteiger partial charge in [-0.15, -0.1) is 0 Å². The van der Waals surface area contributed by atoms with Crippen LogP contribution >= 0.6 is 0 Å². The number of anilines is 2. The summed E-state index contributed by atoms with van der Waals surface area (Å²) in [5.74, 6) is 0.770. The minimum atomic E-state index is -0.573. The molecule has 0 radical (unpaired) electrons. The number of rotatable bonds is 2. The molecule has 0 aromatic carbocycles. The summed E-state index contributed by atoms with van der Waals surface area (Å²) in [7, 11) is 3.74. The maximum atomic E-state index is 10.5. The molecule has 5 nitrogen and oxygen atoms in total. The Kier molecular flexibility index (Phi) is 2.69. The van der Waals surface area contributed by atoms with Gasteiger partial charge in [0, 0.05) is 32.0 Å². The van der Waals surface area contributed by atoms with Crippen molar-refractivity contribution in [2.45, 2.75) is 0 Å². The van der Waals surface area contributed by atoms with Crippen molar-refractivity contribution in [3.05, 3.63) is 18.3 Å². The SMILES string of the molecule is CN(C)c1cc(NC(N)=O)ccn1. The number of carbonyl (C=O) groups is 1. The first-order chi connectivity index (χ1) is 6.09. The van der Waals surface area contributed by atoms with E-state index in [0.29, 0.717) is 5.69 Å². The Morgan fingerprint density at radius 3 is 2.85 bits per heavy atom. The molecule has 5 heteroatoms. The molecule has 0 saturated heterocycles. The van der Waals surface area contributed by atoms with Crippen LogP contribution in [0.15, 0.2) is 18.3 Å². The number of pyridine rings is 1. The van der Waals surface area contributed by atoms with Gasteiger partial charge < -0.3 is 16.0 Å². The van der Waals surface area contributed by atoms with E-state index in [1.807, 2.05) is 19.0 Å². The molecule has 0 saturated carbocycles. The molecule has 13 heavy (non-hydrogen) atoms. The molecule has 1 rings (SSSR count). The molecule has 0 aliphatic carbocycles. The predicted molar refractivity (Wildman–Crippen MR) is 51.8 cm³/mol. The monoisotopic (exact) mass is 180 g/mol. The Morgan fingerprint density at radius 1 is 1.62 bits per heavy atom. The van der Waals surface area contributed by atoms with E-state index in [-0.39, 0.29) is 0 Å². The quantitative estimate of drug-likeness (QED) is 0.701. The molecular weight excluding hydrogens is 168 g/mol. The maximum Gasteiger partial charge on any atom is 0.316 e. The number of nitrogens with one attached hydrogen (secondary N) is 1. The molecule has 0 spiro atoms. The zero-order valence-electron chi connectivity index (χ0n) is 7.61. The van der Waals surface area contributed by atoms with Crippen LogP contribution in [0.1, 0.15) is 0 Å². The lowest BCUT2D eigenvalue weighted by Gasteiger charge is -2.11. The summed E-state index contributed by atoms with van der Waals surface area (Å²) < 4.78 is 0. The number of amides is 2. The molecule has 1 aromatic rings. The fraction of sp³-hybridized carbons (Fsp3) is 0.250. The van der Waals surface area contributed by atoms with E-state index < -0.39 is 6.03 Å². The Balaban J connectivity index is 2.85. The fourth-order valence-electron chi connectivity index (χ4n) is 0.883. The summed E-state index contributed by atoms with van der Waals surface area (Å²) in [5.41, 5.74) is 5.61. The molecule has 0 unspecified atom stereocenters. The number of carbonyl (C=O) groups excluding carboxylic acids is 1. The number of nitrogens with two attached hydrogens (primary N) is 1. The van der Waals surface area contributed by atoms with Crippen molar-refractivity contribution in [3.8, 4) is 0 Å². The Bertz CT molecular complexity index is 311. The standard InChI is InChI=1S/C8H12N4O/c1-12(2)7-5-6(3-4-10-7)11-8(9)13/h3-5H,1-2H3,(H3,9,10,11,13). The second kappa shape index (κ2) is 3.75. The first-order valence-corrected chi connectivity index (χ1v) is 3.79. The van der Waals surface area contributed by atoms with Crippen LogP contribution < -0.4 is 16.0 Å². The summed E-state index contributed by atoms with van der Waals surface area (Å²) in [4.78, 5) is 16.4. The van der Waals surface area contributed by atoms with Crippen molar-refractivity contribution in [1.82, 2.24) is 4.98 Å². The zero-order chi connectivity index (χ0) is 9.84. The number of hydrogen-bond donors (Lipinski definition) is 2. The topological polar surface area (TPSA) is 71.2 Å². The highest BCUT2D eigenvalue weighted by Gasteiger charge is 1.99. The largest absolute Gasteiger partial charge is 0.363 e. The van der Waals surface area contributed by atoms with Gasteiger partial charge in [0.15, 0.2) is 0 Å². The maximum absolute atomic E-state index is 10.5. The molecule has 0 fully saturated rings. The van der Waals surface area contributed by atoms with Gasteiger partial charge in [0.25, 0.3) is 0 Å². The first-order valence-electron chi connectivity index (χ1n) is 3.79. The highest BCUT2D eigenvalue weighted by Crippen LogP contribution is 2.13. The lowest BCUT2D eigenvalue weighted by molar-refractivity contribution is 0.259. The number of aromatic nitrogens is 1. The van der Waals surface area contributed by atoms with Crippen molar-refractivity contribution in [2.75, 3.05) is 24.3 Å². The molecule has 0 aliphatic rings. The van der Waals surface area contributed by atoms with Crippen molar-refractivity contribution in [1.29, 1.82) is 0 Å². The fourth-order valence-corrected chi connectivity index (χ4v) is 0.883. The average Bonchev–Trinajstić information content (AvgIpc) is 2.03. The van der Waals surface area contributed by atoms with Crippen LogP contribution in [0.25, 0.3) is 0 Å². The Morgan fingerprint density at radius 2 is 2.31 bits per heavy atom. The third-order valence-corrected chi connectivity index (χ3v) is 1.47. The lowest BCUT2D eigenvalue weighted by atomic mass is 10.4. The van der Waals surface area contributed by atoms with Gasteiger partial charge >= 0.3 is 6.03 Å². The van der Waals surface area contributed by atoms with Crippen LogP contribution in [0.2, 0.25) is 0 Å². The second-order valence-electron chi connectivity index (χ2n) is 2.79. The summed E-state index contributed by atoms with van der Waals surface area (Å²) in [6.07, 6.45) is 1.61. The van der Waals surface area contributed by atoms with Crippen LogP contribution in [-0.2, 0) is 0 Å². The first kappa shape index (κ1) is 9.31. The van der Waals surface area contributed by atoms with E-state index in [0.717, 1.165) is 5.82 Å². The number of hydrogen-bond acceptors (Lipinski definition) is 3. The van der Waals surface area contributed by atoms with E-state index in [1.165, 1.54) is 0 Å². The average molecular weight is 180 g/mol. The van der Waals surface area contributed by atoms with Gasteiger partial charge in [0.1, 0.15) is 5.82 Å². The minimum Gasteiger partial charge on any atom is -0.363 e. The van der Waals surface area contributed by atoms with Gasteiger partial charge in [-0.05, 0) is 6.07 Å². The molecule has 1 heterocycles. The second-order valence-corrected chi connectivity index (χ2v) is 2.79. The predicted octanol–water partition coefficient (Wildman–Crippen LogP) is 0.638. The zero-order valence-corrected chi connectivity index (χ0v) is 7.61. The molecule has 1 aromatic heterocycles. The van der Waals surface area contributed by atoms with Crippen molar-refractivity contribution in [2.24, 2.45) is 5.73 Å². The number of nitrogens with zero attached hydrogens (tertiary/aromatic N) is 2. The summed E-state index contributed by atoms with van der Waals surface area (Å²) >= 11 is 0. The van der Waals surface area contributed by atoms with E-state index in [9.17, 15) is 4.79 Å². The molecule has 70 valence electrons. The molecule has 0 atom stereocenters. The number of primary amides is 1.